The van der Waals surface area contributed by atoms with Crippen LogP contribution in [0.3, 0.4) is 0 Å². The highest BCUT2D eigenvalue weighted by Crippen LogP contribution is 2.54. The zero-order valence-electron chi connectivity index (χ0n) is 11.0. The minimum absolute atomic E-state index is 0.830. The molecule has 3 fully saturated rings. The second kappa shape index (κ2) is 4.35. The predicted molar refractivity (Wildman–Crippen MR) is 69.4 cm³/mol. The van der Waals surface area contributed by atoms with Gasteiger partial charge < -0.3 is 0 Å². The normalized spacial score (nSPS) is 44.8. The van der Waals surface area contributed by atoms with Gasteiger partial charge in [0.1, 0.15) is 0 Å². The molecule has 0 radical (unpaired) electrons. The Hall–Kier alpha value is 0. The van der Waals surface area contributed by atoms with Gasteiger partial charge in [-0.05, 0) is 87.4 Å². The van der Waals surface area contributed by atoms with E-state index in [9.17, 15) is 0 Å². The minimum atomic E-state index is 0.830. The van der Waals surface area contributed by atoms with Gasteiger partial charge in [0.05, 0.1) is 0 Å². The summed E-state index contributed by atoms with van der Waals surface area (Å²) in [7, 11) is 0. The lowest BCUT2D eigenvalue weighted by atomic mass is 9.61. The molecule has 92 valence electrons. The van der Waals surface area contributed by atoms with E-state index in [1.165, 1.54) is 12.3 Å². The first-order valence-corrected chi connectivity index (χ1v) is 7.81. The van der Waals surface area contributed by atoms with Crippen molar-refractivity contribution in [3.05, 3.63) is 0 Å². The van der Waals surface area contributed by atoms with Crippen molar-refractivity contribution in [1.29, 1.82) is 0 Å². The summed E-state index contributed by atoms with van der Waals surface area (Å²) in [5, 5.41) is 0. The van der Waals surface area contributed by atoms with Crippen molar-refractivity contribution in [2.45, 2.75) is 77.6 Å². The Morgan fingerprint density at radius 1 is 0.750 bits per heavy atom. The molecule has 3 rings (SSSR count). The molecule has 0 atom stereocenters. The molecular weight excluding hydrogens is 192 g/mol. The van der Waals surface area contributed by atoms with Crippen molar-refractivity contribution in [3.63, 3.8) is 0 Å². The van der Waals surface area contributed by atoms with Crippen molar-refractivity contribution in [3.8, 4) is 0 Å². The fourth-order valence-electron chi connectivity index (χ4n) is 4.49. The van der Waals surface area contributed by atoms with E-state index in [0.29, 0.717) is 0 Å². The van der Waals surface area contributed by atoms with Crippen LogP contribution in [0.1, 0.15) is 77.6 Å². The average molecular weight is 220 g/mol. The summed E-state index contributed by atoms with van der Waals surface area (Å²) < 4.78 is 0. The van der Waals surface area contributed by atoms with Gasteiger partial charge in [-0.15, -0.1) is 0 Å². The second-order valence-electron chi connectivity index (χ2n) is 7.03. The van der Waals surface area contributed by atoms with Crippen LogP contribution in [0.25, 0.3) is 0 Å². The van der Waals surface area contributed by atoms with E-state index < -0.39 is 0 Å². The maximum absolute atomic E-state index is 2.38. The zero-order valence-corrected chi connectivity index (χ0v) is 11.0. The first kappa shape index (κ1) is 11.1. The lowest BCUT2D eigenvalue weighted by molar-refractivity contribution is 0.0697. The molecule has 0 aliphatic heterocycles. The summed E-state index contributed by atoms with van der Waals surface area (Å²) in [6, 6.07) is 0. The van der Waals surface area contributed by atoms with Crippen LogP contribution in [-0.2, 0) is 0 Å². The first-order chi connectivity index (χ1) is 7.81. The Morgan fingerprint density at radius 2 is 1.25 bits per heavy atom. The zero-order chi connectivity index (χ0) is 11.0. The molecule has 0 aromatic heterocycles. The van der Waals surface area contributed by atoms with E-state index in [2.05, 4.69) is 6.92 Å². The van der Waals surface area contributed by atoms with Gasteiger partial charge in [0, 0.05) is 0 Å². The highest BCUT2D eigenvalue weighted by molar-refractivity contribution is 4.93. The van der Waals surface area contributed by atoms with Crippen LogP contribution < -0.4 is 0 Å². The van der Waals surface area contributed by atoms with Gasteiger partial charge in [0.15, 0.2) is 0 Å². The Bertz CT molecular complexity index is 220. The smallest absolute Gasteiger partial charge is 0.0297 e. The SMILES string of the molecule is CCC1CCC2(CC1)CCC(C1CC1)CC2. The molecule has 0 amide bonds. The average Bonchev–Trinajstić information content (AvgIpc) is 3.15. The van der Waals surface area contributed by atoms with E-state index in [1.54, 1.807) is 64.2 Å². The van der Waals surface area contributed by atoms with Crippen LogP contribution in [0.2, 0.25) is 0 Å². The maximum Gasteiger partial charge on any atom is -0.0297 e. The monoisotopic (exact) mass is 220 g/mol. The van der Waals surface area contributed by atoms with Crippen molar-refractivity contribution in [2.24, 2.45) is 23.2 Å². The highest BCUT2D eigenvalue weighted by Gasteiger charge is 2.41. The van der Waals surface area contributed by atoms with E-state index in [0.717, 1.165) is 17.3 Å². The summed E-state index contributed by atoms with van der Waals surface area (Å²) in [5.41, 5.74) is 0.830. The molecule has 0 bridgehead atoms. The largest absolute Gasteiger partial charge is 0.0651 e. The first-order valence-electron chi connectivity index (χ1n) is 7.81. The van der Waals surface area contributed by atoms with Crippen molar-refractivity contribution >= 4 is 0 Å². The van der Waals surface area contributed by atoms with Crippen LogP contribution >= 0.6 is 0 Å². The maximum atomic E-state index is 2.38. The molecule has 0 heteroatoms. The van der Waals surface area contributed by atoms with Gasteiger partial charge in [-0.2, -0.15) is 0 Å². The van der Waals surface area contributed by atoms with Crippen LogP contribution in [0.15, 0.2) is 0 Å². The standard InChI is InChI=1S/C16H28/c1-2-13-5-9-16(10-6-13)11-7-15(8-12-16)14-3-4-14/h13-15H,2-12H2,1H3. The van der Waals surface area contributed by atoms with Gasteiger partial charge in [-0.25, -0.2) is 0 Å². The summed E-state index contributed by atoms with van der Waals surface area (Å²) >= 11 is 0. The van der Waals surface area contributed by atoms with Gasteiger partial charge >= 0.3 is 0 Å². The predicted octanol–water partition coefficient (Wildman–Crippen LogP) is 5.17. The molecule has 16 heavy (non-hydrogen) atoms. The lowest BCUT2D eigenvalue weighted by Crippen LogP contribution is -2.32. The van der Waals surface area contributed by atoms with E-state index in [1.807, 2.05) is 0 Å². The summed E-state index contributed by atoms with van der Waals surface area (Å²) in [6.07, 6.45) is 17.1. The van der Waals surface area contributed by atoms with Crippen LogP contribution in [0, 0.1) is 23.2 Å². The van der Waals surface area contributed by atoms with Gasteiger partial charge in [0.2, 0.25) is 0 Å². The van der Waals surface area contributed by atoms with E-state index in [4.69, 9.17) is 0 Å². The molecule has 0 N–H and O–H groups in total. The third-order valence-electron chi connectivity index (χ3n) is 6.12. The molecule has 0 heterocycles. The van der Waals surface area contributed by atoms with E-state index in [-0.39, 0.29) is 0 Å². The Morgan fingerprint density at radius 3 is 1.75 bits per heavy atom. The van der Waals surface area contributed by atoms with Crippen LogP contribution in [-0.4, -0.2) is 0 Å². The van der Waals surface area contributed by atoms with Crippen molar-refractivity contribution < 1.29 is 0 Å². The lowest BCUT2D eigenvalue weighted by Gasteiger charge is -2.45. The van der Waals surface area contributed by atoms with Crippen LogP contribution in [0.4, 0.5) is 0 Å². The summed E-state index contributed by atoms with van der Waals surface area (Å²) in [6.45, 7) is 2.38. The molecule has 0 unspecified atom stereocenters. The topological polar surface area (TPSA) is 0 Å². The molecule has 3 aliphatic carbocycles. The summed E-state index contributed by atoms with van der Waals surface area (Å²) in [4.78, 5) is 0. The molecule has 0 aromatic carbocycles. The molecule has 3 saturated carbocycles. The van der Waals surface area contributed by atoms with Gasteiger partial charge in [-0.1, -0.05) is 13.3 Å². The van der Waals surface area contributed by atoms with Crippen molar-refractivity contribution in [2.75, 3.05) is 0 Å². The Labute approximate surface area is 101 Å². The molecule has 0 saturated heterocycles. The number of rotatable bonds is 2. The third-order valence-corrected chi connectivity index (χ3v) is 6.12. The molecule has 3 aliphatic rings. The Balaban J connectivity index is 1.52. The fourth-order valence-corrected chi connectivity index (χ4v) is 4.49. The van der Waals surface area contributed by atoms with E-state index >= 15 is 0 Å². The molecular formula is C16H28. The quantitative estimate of drug-likeness (QED) is 0.602. The highest BCUT2D eigenvalue weighted by atomic mass is 14.5. The molecule has 0 aromatic rings. The summed E-state index contributed by atoms with van der Waals surface area (Å²) in [5.74, 6) is 3.39. The van der Waals surface area contributed by atoms with Crippen molar-refractivity contribution in [1.82, 2.24) is 0 Å². The fraction of sp³-hybridized carbons (Fsp3) is 1.00. The van der Waals surface area contributed by atoms with Crippen LogP contribution in [0.5, 0.6) is 0 Å². The third kappa shape index (κ3) is 2.17. The minimum Gasteiger partial charge on any atom is -0.0651 e. The second-order valence-corrected chi connectivity index (χ2v) is 7.03. The van der Waals surface area contributed by atoms with Gasteiger partial charge in [0.25, 0.3) is 0 Å². The molecule has 1 spiro atoms. The molecule has 0 nitrogen and oxygen atoms in total. The number of hydrogen-bond acceptors (Lipinski definition) is 0. The Kier molecular flexibility index (Phi) is 3.02. The number of hydrogen-bond donors (Lipinski definition) is 0. The van der Waals surface area contributed by atoms with Gasteiger partial charge in [-0.3, -0.25) is 0 Å².